The molecule has 1 heterocycles. The highest BCUT2D eigenvalue weighted by Gasteiger charge is 2.35. The minimum Gasteiger partial charge on any atom is -0.322 e. The molecule has 0 spiro atoms. The highest BCUT2D eigenvalue weighted by molar-refractivity contribution is 6.30. The SMILES string of the molecule is Cc1cc(C(F)(F)F)n(-c2ccc(NC(=O)c3ccc(Cl)cc3)cc2)n1. The molecular formula is C18H13ClF3N3O. The number of alkyl halides is 3. The van der Waals surface area contributed by atoms with Crippen molar-refractivity contribution >= 4 is 23.2 Å². The third kappa shape index (κ3) is 3.88. The topological polar surface area (TPSA) is 46.9 Å². The van der Waals surface area contributed by atoms with E-state index in [1.165, 1.54) is 31.2 Å². The van der Waals surface area contributed by atoms with Crippen LogP contribution in [0.25, 0.3) is 5.69 Å². The molecule has 3 rings (SSSR count). The average Bonchev–Trinajstić information content (AvgIpc) is 2.98. The van der Waals surface area contributed by atoms with Crippen molar-refractivity contribution in [2.24, 2.45) is 0 Å². The average molecular weight is 380 g/mol. The number of aromatic nitrogens is 2. The van der Waals surface area contributed by atoms with Crippen molar-refractivity contribution in [1.82, 2.24) is 9.78 Å². The Bertz CT molecular complexity index is 932. The highest BCUT2D eigenvalue weighted by atomic mass is 35.5. The number of hydrogen-bond donors (Lipinski definition) is 1. The lowest BCUT2D eigenvalue weighted by Gasteiger charge is -2.11. The maximum atomic E-state index is 13.1. The zero-order valence-electron chi connectivity index (χ0n) is 13.5. The van der Waals surface area contributed by atoms with Crippen LogP contribution in [0.4, 0.5) is 18.9 Å². The maximum absolute atomic E-state index is 13.1. The van der Waals surface area contributed by atoms with Crippen molar-refractivity contribution in [3.05, 3.63) is 76.6 Å². The fourth-order valence-corrected chi connectivity index (χ4v) is 2.51. The van der Waals surface area contributed by atoms with E-state index < -0.39 is 11.9 Å². The van der Waals surface area contributed by atoms with Gasteiger partial charge in [-0.3, -0.25) is 4.79 Å². The van der Waals surface area contributed by atoms with Crippen LogP contribution in [0.15, 0.2) is 54.6 Å². The molecule has 0 unspecified atom stereocenters. The van der Waals surface area contributed by atoms with Gasteiger partial charge in [-0.2, -0.15) is 18.3 Å². The van der Waals surface area contributed by atoms with Crippen LogP contribution in [0.5, 0.6) is 0 Å². The Hall–Kier alpha value is -2.80. The molecule has 2 aromatic carbocycles. The van der Waals surface area contributed by atoms with E-state index in [1.807, 2.05) is 0 Å². The zero-order valence-corrected chi connectivity index (χ0v) is 14.3. The second-order valence-electron chi connectivity index (χ2n) is 5.59. The number of hydrogen-bond acceptors (Lipinski definition) is 2. The van der Waals surface area contributed by atoms with Crippen LogP contribution >= 0.6 is 11.6 Å². The predicted molar refractivity (Wildman–Crippen MR) is 92.7 cm³/mol. The Morgan fingerprint density at radius 2 is 1.69 bits per heavy atom. The summed E-state index contributed by atoms with van der Waals surface area (Å²) in [7, 11) is 0. The van der Waals surface area contributed by atoms with E-state index in [0.717, 1.165) is 10.7 Å². The monoisotopic (exact) mass is 379 g/mol. The number of halogens is 4. The van der Waals surface area contributed by atoms with E-state index in [0.29, 0.717) is 16.3 Å². The van der Waals surface area contributed by atoms with Crippen molar-refractivity contribution in [2.75, 3.05) is 5.32 Å². The number of amides is 1. The lowest BCUT2D eigenvalue weighted by Crippen LogP contribution is -2.14. The Morgan fingerprint density at radius 1 is 1.08 bits per heavy atom. The summed E-state index contributed by atoms with van der Waals surface area (Å²) in [5.41, 5.74) is 0.520. The largest absolute Gasteiger partial charge is 0.433 e. The molecule has 1 aromatic heterocycles. The van der Waals surface area contributed by atoms with Gasteiger partial charge in [-0.05, 0) is 61.5 Å². The van der Waals surface area contributed by atoms with Crippen molar-refractivity contribution in [3.8, 4) is 5.69 Å². The molecule has 0 radical (unpaired) electrons. The van der Waals surface area contributed by atoms with E-state index in [1.54, 1.807) is 24.3 Å². The van der Waals surface area contributed by atoms with Crippen LogP contribution < -0.4 is 5.32 Å². The fraction of sp³-hybridized carbons (Fsp3) is 0.111. The highest BCUT2D eigenvalue weighted by Crippen LogP contribution is 2.31. The molecule has 1 N–H and O–H groups in total. The number of aryl methyl sites for hydroxylation is 1. The van der Waals surface area contributed by atoms with Gasteiger partial charge < -0.3 is 5.32 Å². The molecule has 4 nitrogen and oxygen atoms in total. The van der Waals surface area contributed by atoms with Crippen LogP contribution in [0, 0.1) is 6.92 Å². The van der Waals surface area contributed by atoms with Gasteiger partial charge in [0.15, 0.2) is 0 Å². The Labute approximate surface area is 152 Å². The minimum atomic E-state index is -4.51. The van der Waals surface area contributed by atoms with Gasteiger partial charge in [0.05, 0.1) is 11.4 Å². The van der Waals surface area contributed by atoms with Crippen LogP contribution in [0.2, 0.25) is 5.02 Å². The molecule has 8 heteroatoms. The van der Waals surface area contributed by atoms with Gasteiger partial charge in [-0.15, -0.1) is 0 Å². The molecule has 0 aliphatic heterocycles. The number of nitrogens with zero attached hydrogens (tertiary/aromatic N) is 2. The third-order valence-corrected chi connectivity index (χ3v) is 3.85. The minimum absolute atomic E-state index is 0.245. The third-order valence-electron chi connectivity index (χ3n) is 3.60. The molecule has 3 aromatic rings. The Morgan fingerprint density at radius 3 is 2.27 bits per heavy atom. The first kappa shape index (κ1) is 18.0. The standard InChI is InChI=1S/C18H13ClF3N3O/c1-11-10-16(18(20,21)22)25(24-11)15-8-6-14(7-9-15)23-17(26)12-2-4-13(19)5-3-12/h2-10H,1H3,(H,23,26). The van der Waals surface area contributed by atoms with Gasteiger partial charge in [0.1, 0.15) is 5.69 Å². The molecule has 26 heavy (non-hydrogen) atoms. The van der Waals surface area contributed by atoms with Crippen LogP contribution in [-0.2, 0) is 6.18 Å². The summed E-state index contributed by atoms with van der Waals surface area (Å²) >= 11 is 5.78. The molecular weight excluding hydrogens is 367 g/mol. The normalized spacial score (nSPS) is 11.4. The summed E-state index contributed by atoms with van der Waals surface area (Å²) in [6, 6.07) is 13.3. The Balaban J connectivity index is 1.81. The van der Waals surface area contributed by atoms with Crippen LogP contribution in [-0.4, -0.2) is 15.7 Å². The van der Waals surface area contributed by atoms with E-state index >= 15 is 0 Å². The molecule has 0 aliphatic rings. The predicted octanol–water partition coefficient (Wildman–Crippen LogP) is 5.11. The number of rotatable bonds is 3. The van der Waals surface area contributed by atoms with Gasteiger partial charge >= 0.3 is 6.18 Å². The fourth-order valence-electron chi connectivity index (χ4n) is 2.39. The van der Waals surface area contributed by atoms with Crippen molar-refractivity contribution in [2.45, 2.75) is 13.1 Å². The summed E-state index contributed by atoms with van der Waals surface area (Å²) < 4.78 is 40.1. The first-order valence-electron chi connectivity index (χ1n) is 7.55. The number of anilines is 1. The molecule has 1 amide bonds. The van der Waals surface area contributed by atoms with Crippen molar-refractivity contribution < 1.29 is 18.0 Å². The first-order valence-corrected chi connectivity index (χ1v) is 7.93. The summed E-state index contributed by atoms with van der Waals surface area (Å²) in [5.74, 6) is -0.347. The quantitative estimate of drug-likeness (QED) is 0.687. The smallest absolute Gasteiger partial charge is 0.322 e. The molecule has 0 saturated heterocycles. The van der Waals surface area contributed by atoms with E-state index in [-0.39, 0.29) is 17.3 Å². The molecule has 0 saturated carbocycles. The summed E-state index contributed by atoms with van der Waals surface area (Å²) in [6.45, 7) is 1.49. The first-order chi connectivity index (χ1) is 12.2. The van der Waals surface area contributed by atoms with E-state index in [9.17, 15) is 18.0 Å². The maximum Gasteiger partial charge on any atom is 0.433 e. The molecule has 0 atom stereocenters. The van der Waals surface area contributed by atoms with Gasteiger partial charge in [0.2, 0.25) is 0 Å². The number of benzene rings is 2. The van der Waals surface area contributed by atoms with E-state index in [2.05, 4.69) is 10.4 Å². The van der Waals surface area contributed by atoms with Crippen LogP contribution in [0.1, 0.15) is 21.7 Å². The Kier molecular flexibility index (Phi) is 4.73. The molecule has 0 bridgehead atoms. The molecule has 0 fully saturated rings. The second-order valence-corrected chi connectivity index (χ2v) is 6.02. The van der Waals surface area contributed by atoms with Crippen molar-refractivity contribution in [3.63, 3.8) is 0 Å². The van der Waals surface area contributed by atoms with E-state index in [4.69, 9.17) is 11.6 Å². The number of carbonyl (C=O) groups excluding carboxylic acids is 1. The molecule has 0 aliphatic carbocycles. The van der Waals surface area contributed by atoms with Gasteiger partial charge in [0, 0.05) is 16.3 Å². The number of carbonyl (C=O) groups is 1. The van der Waals surface area contributed by atoms with Crippen LogP contribution in [0.3, 0.4) is 0 Å². The van der Waals surface area contributed by atoms with Gasteiger partial charge in [0.25, 0.3) is 5.91 Å². The number of nitrogens with one attached hydrogen (secondary N) is 1. The lowest BCUT2D eigenvalue weighted by molar-refractivity contribution is -0.142. The van der Waals surface area contributed by atoms with Crippen molar-refractivity contribution in [1.29, 1.82) is 0 Å². The summed E-state index contributed by atoms with van der Waals surface area (Å²) in [4.78, 5) is 12.1. The summed E-state index contributed by atoms with van der Waals surface area (Å²) in [6.07, 6.45) is -4.51. The second kappa shape index (κ2) is 6.84. The molecule has 134 valence electrons. The lowest BCUT2D eigenvalue weighted by atomic mass is 10.2. The van der Waals surface area contributed by atoms with Gasteiger partial charge in [-0.1, -0.05) is 11.6 Å². The van der Waals surface area contributed by atoms with Gasteiger partial charge in [-0.25, -0.2) is 4.68 Å². The zero-order chi connectivity index (χ0) is 18.9. The summed E-state index contributed by atoms with van der Waals surface area (Å²) in [5, 5.41) is 7.08.